The van der Waals surface area contributed by atoms with Gasteiger partial charge < -0.3 is 14.0 Å². The molecule has 1 aliphatic heterocycles. The summed E-state index contributed by atoms with van der Waals surface area (Å²) >= 11 is 0. The third kappa shape index (κ3) is 3.87. The molecule has 0 spiro atoms. The Morgan fingerprint density at radius 1 is 1.25 bits per heavy atom. The second kappa shape index (κ2) is 7.27. The third-order valence-corrected chi connectivity index (χ3v) is 6.73. The number of rotatable bonds is 5. The molecule has 7 nitrogen and oxygen atoms in total. The molecule has 2 aromatic heterocycles. The lowest BCUT2D eigenvalue weighted by Crippen LogP contribution is -2.37. The van der Waals surface area contributed by atoms with Crippen LogP contribution in [0.4, 0.5) is 0 Å². The molecule has 0 N–H and O–H groups in total. The predicted octanol–water partition coefficient (Wildman–Crippen LogP) is 2.17. The van der Waals surface area contributed by atoms with Crippen LogP contribution in [0.2, 0.25) is 0 Å². The molecule has 4 rings (SSSR count). The molecule has 3 aromatic rings. The summed E-state index contributed by atoms with van der Waals surface area (Å²) in [6.45, 7) is 0.328. The number of imidazole rings is 1. The van der Waals surface area contributed by atoms with Crippen molar-refractivity contribution < 1.29 is 17.9 Å². The number of benzene rings is 1. The monoisotopic (exact) mass is 399 g/mol. The van der Waals surface area contributed by atoms with Gasteiger partial charge in [-0.15, -0.1) is 0 Å². The van der Waals surface area contributed by atoms with Crippen molar-refractivity contribution in [2.45, 2.75) is 19.1 Å². The first-order chi connectivity index (χ1) is 13.4. The van der Waals surface area contributed by atoms with Crippen molar-refractivity contribution in [1.29, 1.82) is 0 Å². The van der Waals surface area contributed by atoms with Crippen LogP contribution in [0.25, 0.3) is 5.65 Å². The molecule has 28 heavy (non-hydrogen) atoms. The highest BCUT2D eigenvalue weighted by atomic mass is 32.2. The Bertz CT molecular complexity index is 1070. The van der Waals surface area contributed by atoms with Crippen LogP contribution in [0.5, 0.6) is 5.75 Å². The molecule has 0 radical (unpaired) electrons. The zero-order valence-electron chi connectivity index (χ0n) is 15.5. The number of carbonyl (C=O) groups excluding carboxylic acids is 1. The number of hydrogen-bond donors (Lipinski definition) is 0. The molecule has 0 saturated carbocycles. The van der Waals surface area contributed by atoms with Gasteiger partial charge in [-0.05, 0) is 42.8 Å². The lowest BCUT2D eigenvalue weighted by molar-refractivity contribution is 0.0747. The molecule has 1 saturated heterocycles. The largest absolute Gasteiger partial charge is 0.487 e. The van der Waals surface area contributed by atoms with Crippen LogP contribution >= 0.6 is 0 Å². The van der Waals surface area contributed by atoms with E-state index in [1.165, 1.54) is 4.90 Å². The number of ether oxygens (including phenoxy) is 1. The fourth-order valence-electron chi connectivity index (χ4n) is 3.36. The van der Waals surface area contributed by atoms with Gasteiger partial charge in [-0.2, -0.15) is 0 Å². The highest BCUT2D eigenvalue weighted by Gasteiger charge is 2.33. The number of hydrogen-bond acceptors (Lipinski definition) is 5. The Kier molecular flexibility index (Phi) is 4.80. The van der Waals surface area contributed by atoms with Crippen molar-refractivity contribution in [3.63, 3.8) is 0 Å². The Balaban J connectivity index is 1.38. The number of amides is 1. The molecule has 1 aromatic carbocycles. The molecular weight excluding hydrogens is 378 g/mol. The van der Waals surface area contributed by atoms with Gasteiger partial charge in [-0.25, -0.2) is 13.4 Å². The molecule has 1 aliphatic rings. The van der Waals surface area contributed by atoms with Crippen LogP contribution < -0.4 is 4.74 Å². The molecule has 0 aliphatic carbocycles. The fourth-order valence-corrected chi connectivity index (χ4v) is 5.13. The first-order valence-electron chi connectivity index (χ1n) is 9.04. The highest BCUT2D eigenvalue weighted by Crippen LogP contribution is 2.20. The molecule has 1 unspecified atom stereocenters. The van der Waals surface area contributed by atoms with E-state index in [-0.39, 0.29) is 23.5 Å². The van der Waals surface area contributed by atoms with Crippen LogP contribution in [-0.4, -0.2) is 53.2 Å². The number of nitrogens with zero attached hydrogens (tertiary/aromatic N) is 3. The summed E-state index contributed by atoms with van der Waals surface area (Å²) in [5.74, 6) is 0.634. The minimum atomic E-state index is -3.03. The molecule has 8 heteroatoms. The molecule has 0 bridgehead atoms. The summed E-state index contributed by atoms with van der Waals surface area (Å²) in [4.78, 5) is 18.6. The summed E-state index contributed by atoms with van der Waals surface area (Å²) in [6.07, 6.45) is 4.33. The average molecular weight is 399 g/mol. The number of aromatic nitrogens is 2. The summed E-state index contributed by atoms with van der Waals surface area (Å²) < 4.78 is 31.0. The van der Waals surface area contributed by atoms with Crippen molar-refractivity contribution in [2.24, 2.45) is 0 Å². The maximum atomic E-state index is 12.6. The molecule has 1 fully saturated rings. The Labute approximate surface area is 163 Å². The lowest BCUT2D eigenvalue weighted by atomic mass is 10.1. The molecular formula is C20H21N3O4S. The van der Waals surface area contributed by atoms with Crippen LogP contribution in [-0.2, 0) is 16.4 Å². The van der Waals surface area contributed by atoms with Crippen molar-refractivity contribution in [3.05, 3.63) is 66.1 Å². The van der Waals surface area contributed by atoms with E-state index in [1.807, 2.05) is 35.0 Å². The molecule has 1 atom stereocenters. The number of pyridine rings is 1. The number of sulfone groups is 1. The van der Waals surface area contributed by atoms with Crippen molar-refractivity contribution in [2.75, 3.05) is 18.6 Å². The van der Waals surface area contributed by atoms with E-state index in [2.05, 4.69) is 4.98 Å². The van der Waals surface area contributed by atoms with Gasteiger partial charge in [-0.3, -0.25) is 4.79 Å². The van der Waals surface area contributed by atoms with E-state index >= 15 is 0 Å². The molecule has 146 valence electrons. The van der Waals surface area contributed by atoms with Crippen molar-refractivity contribution in [3.8, 4) is 5.75 Å². The minimum absolute atomic E-state index is 0.0371. The van der Waals surface area contributed by atoms with E-state index < -0.39 is 9.84 Å². The maximum Gasteiger partial charge on any atom is 0.253 e. The van der Waals surface area contributed by atoms with Crippen LogP contribution in [0.1, 0.15) is 22.5 Å². The smallest absolute Gasteiger partial charge is 0.253 e. The van der Waals surface area contributed by atoms with Gasteiger partial charge in [0.15, 0.2) is 9.84 Å². The Morgan fingerprint density at radius 3 is 2.71 bits per heavy atom. The van der Waals surface area contributed by atoms with E-state index in [0.29, 0.717) is 24.3 Å². The van der Waals surface area contributed by atoms with Gasteiger partial charge in [0.2, 0.25) is 0 Å². The summed E-state index contributed by atoms with van der Waals surface area (Å²) in [6, 6.07) is 12.4. The van der Waals surface area contributed by atoms with E-state index in [9.17, 15) is 13.2 Å². The quantitative estimate of drug-likeness (QED) is 0.657. The van der Waals surface area contributed by atoms with Gasteiger partial charge >= 0.3 is 0 Å². The first kappa shape index (κ1) is 18.5. The van der Waals surface area contributed by atoms with Crippen LogP contribution in [0.3, 0.4) is 0 Å². The van der Waals surface area contributed by atoms with E-state index in [1.54, 1.807) is 31.3 Å². The summed E-state index contributed by atoms with van der Waals surface area (Å²) in [7, 11) is -1.37. The van der Waals surface area contributed by atoms with E-state index in [4.69, 9.17) is 4.74 Å². The Hall–Kier alpha value is -2.87. The summed E-state index contributed by atoms with van der Waals surface area (Å²) in [5.41, 5.74) is 2.18. The lowest BCUT2D eigenvalue weighted by Gasteiger charge is -2.23. The molecule has 1 amide bonds. The Morgan fingerprint density at radius 2 is 2.04 bits per heavy atom. The van der Waals surface area contributed by atoms with Crippen LogP contribution in [0.15, 0.2) is 54.9 Å². The van der Waals surface area contributed by atoms with Gasteiger partial charge in [0.1, 0.15) is 18.0 Å². The molecule has 3 heterocycles. The topological polar surface area (TPSA) is 81.0 Å². The van der Waals surface area contributed by atoms with Gasteiger partial charge in [0.25, 0.3) is 5.91 Å². The minimum Gasteiger partial charge on any atom is -0.487 e. The normalized spacial score (nSPS) is 18.2. The maximum absolute atomic E-state index is 12.6. The van der Waals surface area contributed by atoms with Crippen LogP contribution in [0, 0.1) is 0 Å². The highest BCUT2D eigenvalue weighted by molar-refractivity contribution is 7.91. The van der Waals surface area contributed by atoms with E-state index in [0.717, 1.165) is 11.3 Å². The second-order valence-corrected chi connectivity index (χ2v) is 9.21. The van der Waals surface area contributed by atoms with Gasteiger partial charge in [0, 0.05) is 31.0 Å². The SMILES string of the molecule is CN(C(=O)c1ccc(OCc2cn3ccccc3n2)cc1)C1CCS(=O)(=O)C1. The average Bonchev–Trinajstić information content (AvgIpc) is 3.28. The van der Waals surface area contributed by atoms with Crippen molar-refractivity contribution >= 4 is 21.4 Å². The van der Waals surface area contributed by atoms with Gasteiger partial charge in [0.05, 0.1) is 17.2 Å². The number of fused-ring (bicyclic) bond motifs is 1. The predicted molar refractivity (Wildman–Crippen MR) is 105 cm³/mol. The summed E-state index contributed by atoms with van der Waals surface area (Å²) in [5, 5.41) is 0. The zero-order chi connectivity index (χ0) is 19.7. The fraction of sp³-hybridized carbons (Fsp3) is 0.300. The first-order valence-corrected chi connectivity index (χ1v) is 10.9. The second-order valence-electron chi connectivity index (χ2n) is 6.98. The third-order valence-electron chi connectivity index (χ3n) is 4.98. The number of carbonyl (C=O) groups is 1. The zero-order valence-corrected chi connectivity index (χ0v) is 16.3. The van der Waals surface area contributed by atoms with Gasteiger partial charge in [-0.1, -0.05) is 6.07 Å². The van der Waals surface area contributed by atoms with Crippen molar-refractivity contribution in [1.82, 2.24) is 14.3 Å². The standard InChI is InChI=1S/C20H21N3O4S/c1-22(17-9-11-28(25,26)14-17)20(24)15-5-7-18(8-6-15)27-13-16-12-23-10-3-2-4-19(23)21-16/h2-8,10,12,17H,9,11,13-14H2,1H3.